The first kappa shape index (κ1) is 20.3. The van der Waals surface area contributed by atoms with E-state index >= 15 is 0 Å². The van der Waals surface area contributed by atoms with Crippen molar-refractivity contribution in [2.24, 2.45) is 7.05 Å². The number of nitrogens with one attached hydrogen (secondary N) is 1. The van der Waals surface area contributed by atoms with Crippen molar-refractivity contribution >= 4 is 28.9 Å². The average Bonchev–Trinajstić information content (AvgIpc) is 2.88. The first-order valence-electron chi connectivity index (χ1n) is 8.70. The Balaban J connectivity index is 1.93. The minimum absolute atomic E-state index is 0.0370. The van der Waals surface area contributed by atoms with Gasteiger partial charge < -0.3 is 10.1 Å². The fourth-order valence-corrected chi connectivity index (χ4v) is 3.11. The van der Waals surface area contributed by atoms with E-state index in [1.165, 1.54) is 22.9 Å². The van der Waals surface area contributed by atoms with Crippen LogP contribution in [0, 0.1) is 30.9 Å². The SMILES string of the molecule is Cc1cc(C)cc(Oc2cc(NC(=O)c3nn(C)c(C)c3Cl)cc([N+](=O)[O-])c2)c1. The highest BCUT2D eigenvalue weighted by molar-refractivity contribution is 6.34. The van der Waals surface area contributed by atoms with Crippen LogP contribution in [0.5, 0.6) is 11.5 Å². The number of nitrogens with zero attached hydrogens (tertiary/aromatic N) is 3. The first-order valence-corrected chi connectivity index (χ1v) is 9.08. The van der Waals surface area contributed by atoms with E-state index < -0.39 is 10.8 Å². The van der Waals surface area contributed by atoms with Crippen molar-refractivity contribution in [1.82, 2.24) is 9.78 Å². The molecule has 8 nitrogen and oxygen atoms in total. The van der Waals surface area contributed by atoms with Crippen LogP contribution in [0.4, 0.5) is 11.4 Å². The Kier molecular flexibility index (Phi) is 5.56. The summed E-state index contributed by atoms with van der Waals surface area (Å²) in [7, 11) is 1.67. The Morgan fingerprint density at radius 1 is 1.10 bits per heavy atom. The third kappa shape index (κ3) is 4.55. The summed E-state index contributed by atoms with van der Waals surface area (Å²) in [6.45, 7) is 5.59. The minimum Gasteiger partial charge on any atom is -0.457 e. The molecular formula is C20H19ClN4O4. The summed E-state index contributed by atoms with van der Waals surface area (Å²) in [6.07, 6.45) is 0. The number of amides is 1. The number of nitro groups is 1. The van der Waals surface area contributed by atoms with E-state index in [0.29, 0.717) is 11.4 Å². The number of aryl methyl sites for hydroxylation is 3. The summed E-state index contributed by atoms with van der Waals surface area (Å²) in [6, 6.07) is 9.68. The Hall–Kier alpha value is -3.39. The molecule has 3 aromatic rings. The quantitative estimate of drug-likeness (QED) is 0.470. The number of halogens is 1. The van der Waals surface area contributed by atoms with Gasteiger partial charge in [-0.15, -0.1) is 0 Å². The standard InChI is InChI=1S/C20H19ClN4O4/c1-11-5-12(2)7-16(6-11)29-17-9-14(8-15(10-17)25(27)28)22-20(26)19-18(21)13(3)24(4)23-19/h5-10H,1-4H3,(H,22,26). The van der Waals surface area contributed by atoms with Crippen LogP contribution < -0.4 is 10.1 Å². The van der Waals surface area contributed by atoms with Crippen molar-refractivity contribution in [3.63, 3.8) is 0 Å². The van der Waals surface area contributed by atoms with E-state index in [1.54, 1.807) is 14.0 Å². The lowest BCUT2D eigenvalue weighted by molar-refractivity contribution is -0.384. The predicted octanol–water partition coefficient (Wildman–Crippen LogP) is 4.95. The number of non-ortho nitro benzene ring substituents is 1. The van der Waals surface area contributed by atoms with E-state index in [0.717, 1.165) is 11.1 Å². The maximum atomic E-state index is 12.6. The molecule has 1 heterocycles. The average molecular weight is 415 g/mol. The van der Waals surface area contributed by atoms with Crippen LogP contribution in [0.15, 0.2) is 36.4 Å². The predicted molar refractivity (Wildman–Crippen MR) is 110 cm³/mol. The largest absolute Gasteiger partial charge is 0.457 e. The summed E-state index contributed by atoms with van der Waals surface area (Å²) in [4.78, 5) is 23.3. The van der Waals surface area contributed by atoms with Gasteiger partial charge in [0, 0.05) is 19.2 Å². The number of aromatic nitrogens is 2. The highest BCUT2D eigenvalue weighted by Gasteiger charge is 2.20. The monoisotopic (exact) mass is 414 g/mol. The molecule has 0 fully saturated rings. The van der Waals surface area contributed by atoms with Crippen molar-refractivity contribution in [2.75, 3.05) is 5.32 Å². The van der Waals surface area contributed by atoms with Gasteiger partial charge in [0.1, 0.15) is 11.5 Å². The van der Waals surface area contributed by atoms with Crippen LogP contribution in [-0.4, -0.2) is 20.6 Å². The third-order valence-electron chi connectivity index (χ3n) is 4.27. The zero-order chi connectivity index (χ0) is 21.3. The fourth-order valence-electron chi connectivity index (χ4n) is 2.87. The highest BCUT2D eigenvalue weighted by Crippen LogP contribution is 2.31. The van der Waals surface area contributed by atoms with Gasteiger partial charge in [-0.3, -0.25) is 19.6 Å². The molecule has 0 saturated heterocycles. The number of anilines is 1. The van der Waals surface area contributed by atoms with Gasteiger partial charge in [0.15, 0.2) is 5.69 Å². The lowest BCUT2D eigenvalue weighted by Crippen LogP contribution is -2.13. The summed E-state index contributed by atoms with van der Waals surface area (Å²) in [5, 5.41) is 18.2. The third-order valence-corrected chi connectivity index (χ3v) is 4.72. The molecule has 150 valence electrons. The smallest absolute Gasteiger partial charge is 0.277 e. The summed E-state index contributed by atoms with van der Waals surface area (Å²) < 4.78 is 7.29. The minimum atomic E-state index is -0.573. The van der Waals surface area contributed by atoms with E-state index in [4.69, 9.17) is 16.3 Å². The second-order valence-electron chi connectivity index (χ2n) is 6.72. The molecule has 0 aliphatic rings. The number of ether oxygens (including phenoxy) is 1. The number of rotatable bonds is 5. The van der Waals surface area contributed by atoms with Crippen molar-refractivity contribution in [3.05, 3.63) is 74.0 Å². The number of nitro benzene ring substituents is 1. The molecule has 0 bridgehead atoms. The van der Waals surface area contributed by atoms with Crippen molar-refractivity contribution in [1.29, 1.82) is 0 Å². The van der Waals surface area contributed by atoms with Crippen LogP contribution >= 0.6 is 11.6 Å². The molecule has 0 radical (unpaired) electrons. The molecule has 0 aliphatic heterocycles. The Morgan fingerprint density at radius 3 is 2.28 bits per heavy atom. The van der Waals surface area contributed by atoms with Crippen LogP contribution in [0.1, 0.15) is 27.3 Å². The first-order chi connectivity index (χ1) is 13.6. The van der Waals surface area contributed by atoms with Gasteiger partial charge in [-0.2, -0.15) is 5.10 Å². The molecular weight excluding hydrogens is 396 g/mol. The van der Waals surface area contributed by atoms with Crippen LogP contribution in [0.3, 0.4) is 0 Å². The zero-order valence-corrected chi connectivity index (χ0v) is 17.1. The summed E-state index contributed by atoms with van der Waals surface area (Å²) >= 11 is 6.15. The van der Waals surface area contributed by atoms with Crippen molar-refractivity contribution in [3.8, 4) is 11.5 Å². The van der Waals surface area contributed by atoms with E-state index in [-0.39, 0.29) is 27.8 Å². The molecule has 9 heteroatoms. The maximum Gasteiger partial charge on any atom is 0.277 e. The van der Waals surface area contributed by atoms with Crippen LogP contribution in [-0.2, 0) is 7.05 Å². The Bertz CT molecular complexity index is 1100. The molecule has 0 spiro atoms. The second-order valence-corrected chi connectivity index (χ2v) is 7.10. The molecule has 3 rings (SSSR count). The lowest BCUT2D eigenvalue weighted by atomic mass is 10.1. The molecule has 0 unspecified atom stereocenters. The Morgan fingerprint density at radius 2 is 1.72 bits per heavy atom. The van der Waals surface area contributed by atoms with E-state index in [1.807, 2.05) is 32.0 Å². The molecule has 0 aliphatic carbocycles. The lowest BCUT2D eigenvalue weighted by Gasteiger charge is -2.10. The molecule has 1 amide bonds. The molecule has 2 aromatic carbocycles. The summed E-state index contributed by atoms with van der Waals surface area (Å²) in [5.74, 6) is 0.197. The number of hydrogen-bond acceptors (Lipinski definition) is 5. The summed E-state index contributed by atoms with van der Waals surface area (Å²) in [5.41, 5.74) is 2.65. The normalized spacial score (nSPS) is 10.7. The fraction of sp³-hybridized carbons (Fsp3) is 0.200. The van der Waals surface area contributed by atoms with Gasteiger partial charge in [-0.05, 0) is 44.0 Å². The highest BCUT2D eigenvalue weighted by atomic mass is 35.5. The van der Waals surface area contributed by atoms with Gasteiger partial charge in [-0.25, -0.2) is 0 Å². The molecule has 29 heavy (non-hydrogen) atoms. The maximum absolute atomic E-state index is 12.6. The number of carbonyl (C=O) groups is 1. The van der Waals surface area contributed by atoms with E-state index in [2.05, 4.69) is 10.4 Å². The van der Waals surface area contributed by atoms with E-state index in [9.17, 15) is 14.9 Å². The van der Waals surface area contributed by atoms with Gasteiger partial charge >= 0.3 is 0 Å². The number of benzene rings is 2. The second kappa shape index (κ2) is 7.92. The van der Waals surface area contributed by atoms with Crippen molar-refractivity contribution in [2.45, 2.75) is 20.8 Å². The van der Waals surface area contributed by atoms with Gasteiger partial charge in [0.2, 0.25) is 0 Å². The van der Waals surface area contributed by atoms with Crippen molar-refractivity contribution < 1.29 is 14.5 Å². The number of hydrogen-bond donors (Lipinski definition) is 1. The Labute approximate surface area is 172 Å². The molecule has 1 N–H and O–H groups in total. The van der Waals surface area contributed by atoms with Crippen LogP contribution in [0.2, 0.25) is 5.02 Å². The molecule has 0 atom stereocenters. The van der Waals surface area contributed by atoms with Gasteiger partial charge in [0.25, 0.3) is 11.6 Å². The van der Waals surface area contributed by atoms with Crippen LogP contribution in [0.25, 0.3) is 0 Å². The van der Waals surface area contributed by atoms with Gasteiger partial charge in [0.05, 0.1) is 27.4 Å². The zero-order valence-electron chi connectivity index (χ0n) is 16.3. The number of carbonyl (C=O) groups excluding carboxylic acids is 1. The van der Waals surface area contributed by atoms with Gasteiger partial charge in [-0.1, -0.05) is 17.7 Å². The molecule has 0 saturated carbocycles. The topological polar surface area (TPSA) is 99.3 Å². The molecule has 1 aromatic heterocycles.